The Hall–Kier alpha value is -1.26. The topological polar surface area (TPSA) is 178 Å². The van der Waals surface area contributed by atoms with E-state index in [1.54, 1.807) is 0 Å². The highest BCUT2D eigenvalue weighted by Crippen LogP contribution is 2.13. The molecular weight excluding hydrogens is 548 g/mol. The second kappa shape index (κ2) is 33.6. The lowest BCUT2D eigenvalue weighted by Gasteiger charge is -2.26. The van der Waals surface area contributed by atoms with Crippen molar-refractivity contribution in [3.8, 4) is 0 Å². The number of unbranched alkanes of at least 4 members (excludes halogenated alkanes) is 22. The summed E-state index contributed by atoms with van der Waals surface area (Å²) in [4.78, 5) is 22.1. The van der Waals surface area contributed by atoms with Crippen LogP contribution in [0.4, 0.5) is 0 Å². The molecule has 0 aromatic heterocycles. The molecule has 43 heavy (non-hydrogen) atoms. The van der Waals surface area contributed by atoms with E-state index in [0.717, 1.165) is 32.2 Å². The average molecular weight is 619 g/mol. The molecule has 0 radical (unpaired) electrons. The van der Waals surface area contributed by atoms with Crippen molar-refractivity contribution in [1.82, 2.24) is 5.32 Å². The van der Waals surface area contributed by atoms with Gasteiger partial charge in [0.1, 0.15) is 18.3 Å². The Morgan fingerprint density at radius 1 is 0.535 bits per heavy atom. The number of nitrogens with one attached hydrogen (secondary N) is 1. The van der Waals surface area contributed by atoms with E-state index in [2.05, 4.69) is 24.9 Å². The predicted octanol–water partition coefficient (Wildman–Crippen LogP) is 3.93. The second-order valence-corrected chi connectivity index (χ2v) is 12.1. The number of hydrogen-bond acceptors (Lipinski definition) is 7. The first-order valence-corrected chi connectivity index (χ1v) is 17.7. The zero-order valence-electron chi connectivity index (χ0n) is 27.9. The monoisotopic (exact) mass is 619 g/mol. The van der Waals surface area contributed by atoms with E-state index in [-0.39, 0.29) is 0 Å². The summed E-state index contributed by atoms with van der Waals surface area (Å²) in [6.07, 6.45) is 22.6. The molecule has 258 valence electrons. The molecule has 0 bridgehead atoms. The van der Waals surface area contributed by atoms with Crippen molar-refractivity contribution in [1.29, 1.82) is 0 Å². The molecule has 9 heteroatoms. The molecule has 0 heterocycles. The van der Waals surface area contributed by atoms with Crippen LogP contribution in [-0.2, 0) is 9.59 Å². The highest BCUT2D eigenvalue weighted by molar-refractivity contribution is 5.81. The van der Waals surface area contributed by atoms with Crippen molar-refractivity contribution in [3.05, 3.63) is 0 Å². The van der Waals surface area contributed by atoms with Crippen LogP contribution in [0.15, 0.2) is 0 Å². The lowest BCUT2D eigenvalue weighted by Crippen LogP contribution is -2.55. The molecule has 4 atom stereocenters. The number of carbonyl (C=O) groups excluding carboxylic acids is 2. The highest BCUT2D eigenvalue weighted by atomic mass is 16.4. The van der Waals surface area contributed by atoms with Gasteiger partial charge in [-0.05, 0) is 19.3 Å². The third kappa shape index (κ3) is 29.2. The maximum absolute atomic E-state index is 11.7. The van der Waals surface area contributed by atoms with Gasteiger partial charge in [-0.2, -0.15) is 0 Å². The number of aliphatic carboxylic acids is 1. The standard InChI is InChI=1S/C20H39NO7.C14H31N/c1-2-3-4-5-6-7-8-9-10-11-12-13-14-21-19(26)17(24)15(22)16(23)18(25)20(27)28;1-2-3-4-5-6-7-8-9-10-11-12-13-14-15/h15-18,22-25H,2-14H2,1H3,(H,21,26)(H,27,28);2-15H2,1H3/t15-,16-,17+,18-;/m1./s1. The fourth-order valence-electron chi connectivity index (χ4n) is 4.97. The molecule has 0 aliphatic carbocycles. The van der Waals surface area contributed by atoms with Crippen LogP contribution in [-0.4, -0.2) is 69.8 Å². The average Bonchev–Trinajstić information content (AvgIpc) is 3.00. The third-order valence-corrected chi connectivity index (χ3v) is 7.94. The van der Waals surface area contributed by atoms with Gasteiger partial charge in [0, 0.05) is 6.54 Å². The molecular formula is C34H70N2O7. The van der Waals surface area contributed by atoms with Gasteiger partial charge >= 0.3 is 0 Å². The van der Waals surface area contributed by atoms with Gasteiger partial charge in [-0.1, -0.05) is 149 Å². The van der Waals surface area contributed by atoms with Gasteiger partial charge in [0.05, 0.1) is 12.5 Å². The van der Waals surface area contributed by atoms with Crippen molar-refractivity contribution in [3.63, 3.8) is 0 Å². The Morgan fingerprint density at radius 2 is 0.837 bits per heavy atom. The van der Waals surface area contributed by atoms with E-state index >= 15 is 0 Å². The number of aliphatic hydroxyl groups is 4. The molecule has 8 N–H and O–H groups in total. The molecule has 0 aromatic rings. The normalized spacial score (nSPS) is 13.9. The third-order valence-electron chi connectivity index (χ3n) is 7.94. The van der Waals surface area contributed by atoms with Gasteiger partial charge in [-0.3, -0.25) is 4.79 Å². The van der Waals surface area contributed by atoms with E-state index in [1.807, 2.05) is 0 Å². The molecule has 9 nitrogen and oxygen atoms in total. The molecule has 0 rings (SSSR count). The quantitative estimate of drug-likeness (QED) is 0.0660. The van der Waals surface area contributed by atoms with Crippen molar-refractivity contribution in [2.45, 2.75) is 192 Å². The van der Waals surface area contributed by atoms with Gasteiger partial charge in [-0.25, -0.2) is 0 Å². The summed E-state index contributed by atoms with van der Waals surface area (Å²) in [6, 6.07) is 0. The van der Waals surface area contributed by atoms with Crippen LogP contribution in [0, 0.1) is 0 Å². The largest absolute Gasteiger partial charge is 0.547 e. The van der Waals surface area contributed by atoms with E-state index in [1.165, 1.54) is 128 Å². The van der Waals surface area contributed by atoms with Crippen molar-refractivity contribution in [2.75, 3.05) is 13.1 Å². The molecule has 0 fully saturated rings. The van der Waals surface area contributed by atoms with Crippen molar-refractivity contribution < 1.29 is 40.9 Å². The van der Waals surface area contributed by atoms with Gasteiger partial charge in [0.15, 0.2) is 6.10 Å². The minimum absolute atomic E-state index is 0.305. The first-order chi connectivity index (χ1) is 20.7. The van der Waals surface area contributed by atoms with Crippen LogP contribution >= 0.6 is 0 Å². The SMILES string of the molecule is CCCCCCCCCCCCCCNC(=O)[C@@H](O)[C@H](O)[C@@H](O)[C@@H](O)C(=O)[O-].CCCCCCCCCCCCCC[NH3+]. The summed E-state index contributed by atoms with van der Waals surface area (Å²) in [5, 5.41) is 50.5. The van der Waals surface area contributed by atoms with Gasteiger partial charge in [0.2, 0.25) is 0 Å². The number of quaternary nitrogens is 1. The fourth-order valence-corrected chi connectivity index (χ4v) is 4.97. The maximum atomic E-state index is 11.7. The lowest BCUT2D eigenvalue weighted by atomic mass is 10.0. The summed E-state index contributed by atoms with van der Waals surface area (Å²) in [5.41, 5.74) is 3.87. The van der Waals surface area contributed by atoms with Crippen LogP contribution in [0.3, 0.4) is 0 Å². The van der Waals surface area contributed by atoms with Gasteiger partial charge in [-0.15, -0.1) is 0 Å². The number of carboxylic acid groups (broad SMARTS) is 1. The number of rotatable bonds is 30. The van der Waals surface area contributed by atoms with Crippen molar-refractivity contribution in [2.24, 2.45) is 0 Å². The Morgan fingerprint density at radius 3 is 1.16 bits per heavy atom. The van der Waals surface area contributed by atoms with Crippen molar-refractivity contribution >= 4 is 11.9 Å². The van der Waals surface area contributed by atoms with Gasteiger partial charge in [0.25, 0.3) is 5.91 Å². The Kier molecular flexibility index (Phi) is 34.3. The van der Waals surface area contributed by atoms with Crippen LogP contribution in [0.25, 0.3) is 0 Å². The Labute approximate surface area is 263 Å². The number of hydrogen-bond donors (Lipinski definition) is 6. The Balaban J connectivity index is 0. The summed E-state index contributed by atoms with van der Waals surface area (Å²) < 4.78 is 0. The van der Waals surface area contributed by atoms with Crippen LogP contribution < -0.4 is 16.2 Å². The van der Waals surface area contributed by atoms with E-state index < -0.39 is 36.3 Å². The Bertz CT molecular complexity index is 597. The lowest BCUT2D eigenvalue weighted by molar-refractivity contribution is -0.368. The summed E-state index contributed by atoms with van der Waals surface area (Å²) in [6.45, 7) is 5.93. The summed E-state index contributed by atoms with van der Waals surface area (Å²) >= 11 is 0. The number of amides is 1. The van der Waals surface area contributed by atoms with E-state index in [4.69, 9.17) is 5.11 Å². The summed E-state index contributed by atoms with van der Waals surface area (Å²) in [7, 11) is 0. The second-order valence-electron chi connectivity index (χ2n) is 12.1. The number of carbonyl (C=O) groups is 2. The molecule has 0 spiro atoms. The molecule has 1 amide bonds. The molecule has 0 saturated carbocycles. The minimum Gasteiger partial charge on any atom is -0.547 e. The first-order valence-electron chi connectivity index (χ1n) is 17.7. The fraction of sp³-hybridized carbons (Fsp3) is 0.941. The highest BCUT2D eigenvalue weighted by Gasteiger charge is 2.34. The first kappa shape index (κ1) is 43.9. The van der Waals surface area contributed by atoms with Gasteiger partial charge < -0.3 is 41.4 Å². The molecule has 0 unspecified atom stereocenters. The molecule has 0 aliphatic heterocycles. The maximum Gasteiger partial charge on any atom is 0.251 e. The van der Waals surface area contributed by atoms with E-state index in [9.17, 15) is 30.0 Å². The number of aliphatic hydroxyl groups excluding tert-OH is 4. The molecule has 0 aromatic carbocycles. The van der Waals surface area contributed by atoms with E-state index in [0.29, 0.717) is 6.54 Å². The smallest absolute Gasteiger partial charge is 0.251 e. The zero-order valence-corrected chi connectivity index (χ0v) is 27.9. The minimum atomic E-state index is -2.39. The van der Waals surface area contributed by atoms with Crippen LogP contribution in [0.5, 0.6) is 0 Å². The predicted molar refractivity (Wildman–Crippen MR) is 172 cm³/mol. The number of carboxylic acids is 1. The van der Waals surface area contributed by atoms with Crippen LogP contribution in [0.1, 0.15) is 168 Å². The summed E-state index contributed by atoms with van der Waals surface area (Å²) in [5.74, 6) is -2.93. The molecule has 0 saturated heterocycles. The molecule has 0 aliphatic rings. The van der Waals surface area contributed by atoms with Crippen LogP contribution in [0.2, 0.25) is 0 Å². The zero-order chi connectivity index (χ0) is 32.6.